The standard InChI is InChI=1S/C17H19NO5S/c1-3-23-13-7-6-11(9-14(13)22-2)12(10-16(19)20)18-17(21)15-5-4-8-24-15/h4-9,12H,3,10H2,1-2H3,(H,18,21)(H,19,20)/p-1/t12-/m0/s1. The summed E-state index contributed by atoms with van der Waals surface area (Å²) in [5.74, 6) is -0.549. The molecular weight excluding hydrogens is 330 g/mol. The first kappa shape index (κ1) is 17.8. The highest BCUT2D eigenvalue weighted by Crippen LogP contribution is 2.31. The van der Waals surface area contributed by atoms with Crippen LogP contribution in [0.25, 0.3) is 0 Å². The van der Waals surface area contributed by atoms with E-state index in [4.69, 9.17) is 9.47 Å². The summed E-state index contributed by atoms with van der Waals surface area (Å²) in [5, 5.41) is 15.6. The quantitative estimate of drug-likeness (QED) is 0.785. The number of hydrogen-bond donors (Lipinski definition) is 1. The van der Waals surface area contributed by atoms with Gasteiger partial charge in [0.1, 0.15) is 0 Å². The summed E-state index contributed by atoms with van der Waals surface area (Å²) in [7, 11) is 1.50. The number of carboxylic acids is 1. The van der Waals surface area contributed by atoms with Gasteiger partial charge >= 0.3 is 0 Å². The molecule has 128 valence electrons. The van der Waals surface area contributed by atoms with E-state index in [1.807, 2.05) is 6.92 Å². The lowest BCUT2D eigenvalue weighted by Gasteiger charge is -2.21. The third kappa shape index (κ3) is 4.48. The highest BCUT2D eigenvalue weighted by atomic mass is 32.1. The minimum absolute atomic E-state index is 0.330. The number of ether oxygens (including phenoxy) is 2. The van der Waals surface area contributed by atoms with Crippen molar-refractivity contribution in [2.24, 2.45) is 0 Å². The molecule has 0 aliphatic carbocycles. The Labute approximate surface area is 144 Å². The van der Waals surface area contributed by atoms with Crippen molar-refractivity contribution in [3.05, 3.63) is 46.2 Å². The van der Waals surface area contributed by atoms with E-state index < -0.39 is 12.0 Å². The minimum atomic E-state index is -1.25. The molecular formula is C17H18NO5S-. The fraction of sp³-hybridized carbons (Fsp3) is 0.294. The maximum Gasteiger partial charge on any atom is 0.261 e. The van der Waals surface area contributed by atoms with Crippen LogP contribution in [0.3, 0.4) is 0 Å². The van der Waals surface area contributed by atoms with E-state index in [0.29, 0.717) is 28.5 Å². The number of thiophene rings is 1. The van der Waals surface area contributed by atoms with Gasteiger partial charge in [-0.3, -0.25) is 4.79 Å². The zero-order valence-electron chi connectivity index (χ0n) is 13.4. The molecule has 1 N–H and O–H groups in total. The lowest BCUT2D eigenvalue weighted by Crippen LogP contribution is -2.34. The van der Waals surface area contributed by atoms with Crippen LogP contribution in [-0.4, -0.2) is 25.6 Å². The van der Waals surface area contributed by atoms with Crippen LogP contribution in [0.4, 0.5) is 0 Å². The van der Waals surface area contributed by atoms with Crippen molar-refractivity contribution in [3.8, 4) is 11.5 Å². The first-order chi connectivity index (χ1) is 11.5. The average molecular weight is 348 g/mol. The van der Waals surface area contributed by atoms with E-state index in [1.165, 1.54) is 18.4 Å². The highest BCUT2D eigenvalue weighted by molar-refractivity contribution is 7.12. The molecule has 0 unspecified atom stereocenters. The Morgan fingerprint density at radius 2 is 2.08 bits per heavy atom. The number of carbonyl (C=O) groups excluding carboxylic acids is 2. The first-order valence-electron chi connectivity index (χ1n) is 7.40. The number of hydrogen-bond acceptors (Lipinski definition) is 6. The molecule has 1 aromatic carbocycles. The molecule has 0 radical (unpaired) electrons. The van der Waals surface area contributed by atoms with Gasteiger partial charge in [0.2, 0.25) is 0 Å². The Hall–Kier alpha value is -2.54. The van der Waals surface area contributed by atoms with Gasteiger partial charge in [-0.2, -0.15) is 0 Å². The Balaban J connectivity index is 2.26. The lowest BCUT2D eigenvalue weighted by molar-refractivity contribution is -0.306. The second-order valence-corrected chi connectivity index (χ2v) is 5.87. The maximum atomic E-state index is 12.2. The van der Waals surface area contributed by atoms with Crippen LogP contribution < -0.4 is 19.9 Å². The third-order valence-corrected chi connectivity index (χ3v) is 4.18. The van der Waals surface area contributed by atoms with Gasteiger partial charge in [0, 0.05) is 12.4 Å². The fourth-order valence-electron chi connectivity index (χ4n) is 2.23. The van der Waals surface area contributed by atoms with Crippen molar-refractivity contribution in [2.45, 2.75) is 19.4 Å². The first-order valence-corrected chi connectivity index (χ1v) is 8.28. The molecule has 1 aromatic heterocycles. The largest absolute Gasteiger partial charge is 0.550 e. The summed E-state index contributed by atoms with van der Waals surface area (Å²) in [4.78, 5) is 23.8. The molecule has 1 amide bonds. The Morgan fingerprint density at radius 3 is 2.67 bits per heavy atom. The monoisotopic (exact) mass is 348 g/mol. The number of carboxylic acid groups (broad SMARTS) is 1. The van der Waals surface area contributed by atoms with Gasteiger partial charge in [-0.15, -0.1) is 11.3 Å². The molecule has 0 spiro atoms. The van der Waals surface area contributed by atoms with E-state index >= 15 is 0 Å². The Kier molecular flexibility index (Phi) is 6.20. The van der Waals surface area contributed by atoms with Gasteiger partial charge in [-0.05, 0) is 36.1 Å². The zero-order chi connectivity index (χ0) is 17.5. The van der Waals surface area contributed by atoms with Gasteiger partial charge in [0.25, 0.3) is 5.91 Å². The van der Waals surface area contributed by atoms with Crippen molar-refractivity contribution >= 4 is 23.2 Å². The van der Waals surface area contributed by atoms with E-state index in [-0.39, 0.29) is 12.3 Å². The van der Waals surface area contributed by atoms with Crippen molar-refractivity contribution in [3.63, 3.8) is 0 Å². The van der Waals surface area contributed by atoms with Crippen molar-refractivity contribution in [1.82, 2.24) is 5.32 Å². The Morgan fingerprint density at radius 1 is 1.29 bits per heavy atom. The van der Waals surface area contributed by atoms with Crippen LogP contribution in [0, 0.1) is 0 Å². The molecule has 2 aromatic rings. The lowest BCUT2D eigenvalue weighted by atomic mass is 10.0. The molecule has 24 heavy (non-hydrogen) atoms. The number of methoxy groups -OCH3 is 1. The average Bonchev–Trinajstić information content (AvgIpc) is 3.09. The summed E-state index contributed by atoms with van der Waals surface area (Å²) >= 11 is 1.28. The summed E-state index contributed by atoms with van der Waals surface area (Å²) in [5.41, 5.74) is 0.601. The third-order valence-electron chi connectivity index (χ3n) is 3.31. The SMILES string of the molecule is CCOc1ccc([C@H](CC(=O)[O-])NC(=O)c2cccs2)cc1OC. The van der Waals surface area contributed by atoms with Crippen LogP contribution in [0.1, 0.15) is 34.6 Å². The summed E-state index contributed by atoms with van der Waals surface area (Å²) in [6.07, 6.45) is -0.339. The fourth-order valence-corrected chi connectivity index (χ4v) is 2.86. The number of carbonyl (C=O) groups is 2. The molecule has 0 saturated carbocycles. The van der Waals surface area contributed by atoms with Crippen molar-refractivity contribution < 1.29 is 24.2 Å². The molecule has 7 heteroatoms. The second-order valence-electron chi connectivity index (χ2n) is 4.92. The van der Waals surface area contributed by atoms with Crippen molar-refractivity contribution in [2.75, 3.05) is 13.7 Å². The summed E-state index contributed by atoms with van der Waals surface area (Å²) in [6.45, 7) is 2.33. The molecule has 1 atom stereocenters. The van der Waals surface area contributed by atoms with Gasteiger partial charge < -0.3 is 24.7 Å². The Bertz CT molecular complexity index is 699. The zero-order valence-corrected chi connectivity index (χ0v) is 14.2. The van der Waals surface area contributed by atoms with E-state index in [0.717, 1.165) is 0 Å². The van der Waals surface area contributed by atoms with Crippen LogP contribution in [0.5, 0.6) is 11.5 Å². The van der Waals surface area contributed by atoms with Gasteiger partial charge in [0.05, 0.1) is 24.6 Å². The molecule has 1 heterocycles. The number of benzene rings is 1. The second kappa shape index (κ2) is 8.35. The van der Waals surface area contributed by atoms with Gasteiger partial charge in [0.15, 0.2) is 11.5 Å². The smallest absolute Gasteiger partial charge is 0.261 e. The number of rotatable bonds is 8. The minimum Gasteiger partial charge on any atom is -0.550 e. The van der Waals surface area contributed by atoms with Crippen LogP contribution in [0.15, 0.2) is 35.7 Å². The normalized spacial score (nSPS) is 11.6. The summed E-state index contributed by atoms with van der Waals surface area (Å²) < 4.78 is 10.7. The van der Waals surface area contributed by atoms with Gasteiger partial charge in [-0.1, -0.05) is 12.1 Å². The van der Waals surface area contributed by atoms with E-state index in [1.54, 1.807) is 35.7 Å². The highest BCUT2D eigenvalue weighted by Gasteiger charge is 2.18. The molecule has 0 aliphatic heterocycles. The van der Waals surface area contributed by atoms with E-state index in [2.05, 4.69) is 5.32 Å². The van der Waals surface area contributed by atoms with Crippen LogP contribution in [0.2, 0.25) is 0 Å². The molecule has 2 rings (SSSR count). The molecule has 0 saturated heterocycles. The molecule has 0 aliphatic rings. The number of amides is 1. The predicted octanol–water partition coefficient (Wildman–Crippen LogP) is 1.77. The van der Waals surface area contributed by atoms with Crippen LogP contribution >= 0.6 is 11.3 Å². The summed E-state index contributed by atoms with van der Waals surface area (Å²) in [6, 6.07) is 7.76. The maximum absolute atomic E-state index is 12.2. The molecule has 0 bridgehead atoms. The molecule has 0 fully saturated rings. The predicted molar refractivity (Wildman–Crippen MR) is 88.3 cm³/mol. The number of aliphatic carboxylic acids is 1. The van der Waals surface area contributed by atoms with Crippen LogP contribution in [-0.2, 0) is 4.79 Å². The molecule has 6 nitrogen and oxygen atoms in total. The number of nitrogens with one attached hydrogen (secondary N) is 1. The van der Waals surface area contributed by atoms with Gasteiger partial charge in [-0.25, -0.2) is 0 Å². The topological polar surface area (TPSA) is 87.7 Å². The van der Waals surface area contributed by atoms with Crippen molar-refractivity contribution in [1.29, 1.82) is 0 Å². The van der Waals surface area contributed by atoms with E-state index in [9.17, 15) is 14.7 Å².